The van der Waals surface area contributed by atoms with Crippen molar-refractivity contribution in [3.63, 3.8) is 0 Å². The van der Waals surface area contributed by atoms with E-state index >= 15 is 0 Å². The molecule has 2 heterocycles. The van der Waals surface area contributed by atoms with Crippen LogP contribution < -0.4 is 10.2 Å². The summed E-state index contributed by atoms with van der Waals surface area (Å²) in [6.45, 7) is 8.65. The van der Waals surface area contributed by atoms with Gasteiger partial charge in [0, 0.05) is 24.7 Å². The van der Waals surface area contributed by atoms with Gasteiger partial charge in [-0.3, -0.25) is 0 Å². The molecule has 1 amide bonds. The van der Waals surface area contributed by atoms with Crippen LogP contribution in [0.15, 0.2) is 48.5 Å². The van der Waals surface area contributed by atoms with Gasteiger partial charge in [0.05, 0.1) is 17.6 Å². The van der Waals surface area contributed by atoms with Gasteiger partial charge in [0.15, 0.2) is 0 Å². The molecule has 1 aliphatic heterocycles. The molecule has 1 fully saturated rings. The van der Waals surface area contributed by atoms with Crippen molar-refractivity contribution in [1.29, 1.82) is 0 Å². The van der Waals surface area contributed by atoms with Crippen LogP contribution in [0.5, 0.6) is 0 Å². The van der Waals surface area contributed by atoms with Crippen LogP contribution in [-0.4, -0.2) is 40.9 Å². The van der Waals surface area contributed by atoms with Gasteiger partial charge in [0.25, 0.3) is 0 Å². The molecule has 0 unspecified atom stereocenters. The van der Waals surface area contributed by atoms with Gasteiger partial charge < -0.3 is 19.5 Å². The van der Waals surface area contributed by atoms with Crippen molar-refractivity contribution in [2.45, 2.75) is 45.8 Å². The van der Waals surface area contributed by atoms with Crippen LogP contribution in [0.25, 0.3) is 11.0 Å². The number of amides is 1. The van der Waals surface area contributed by atoms with E-state index in [9.17, 15) is 4.79 Å². The number of aromatic nitrogens is 2. The first-order chi connectivity index (χ1) is 15.3. The van der Waals surface area contributed by atoms with E-state index in [1.165, 1.54) is 0 Å². The van der Waals surface area contributed by atoms with E-state index in [0.717, 1.165) is 53.5 Å². The normalized spacial score (nSPS) is 16.9. The van der Waals surface area contributed by atoms with Crippen LogP contribution in [0.3, 0.4) is 0 Å². The minimum Gasteiger partial charge on any atom is -0.444 e. The van der Waals surface area contributed by atoms with Crippen LogP contribution in [0, 0.1) is 5.92 Å². The third-order valence-electron chi connectivity index (χ3n) is 5.66. The number of hydrogen-bond donors (Lipinski definition) is 1. The molecule has 3 aromatic rings. The molecule has 2 aromatic carbocycles. The number of carbonyl (C=O) groups excluding carboxylic acids is 1. The number of nitrogens with zero attached hydrogens (tertiary/aromatic N) is 3. The molecule has 4 rings (SSSR count). The van der Waals surface area contributed by atoms with Crippen LogP contribution in [-0.2, 0) is 11.3 Å². The number of imidazole rings is 1. The molecular formula is C25H31ClN4O2. The Labute approximate surface area is 194 Å². The van der Waals surface area contributed by atoms with Gasteiger partial charge in [-0.25, -0.2) is 9.78 Å². The van der Waals surface area contributed by atoms with E-state index in [2.05, 4.69) is 26.9 Å². The van der Waals surface area contributed by atoms with Crippen LogP contribution in [0.2, 0.25) is 5.02 Å². The molecule has 1 saturated heterocycles. The maximum absolute atomic E-state index is 12.1. The largest absolute Gasteiger partial charge is 0.444 e. The molecule has 0 spiro atoms. The molecule has 1 aliphatic rings. The number of ether oxygens (including phenoxy) is 1. The summed E-state index contributed by atoms with van der Waals surface area (Å²) in [5.41, 5.74) is 2.64. The summed E-state index contributed by atoms with van der Waals surface area (Å²) in [6.07, 6.45) is 1.76. The Morgan fingerprint density at radius 3 is 2.72 bits per heavy atom. The van der Waals surface area contributed by atoms with Crippen LogP contribution in [0.4, 0.5) is 10.7 Å². The highest BCUT2D eigenvalue weighted by molar-refractivity contribution is 6.31. The monoisotopic (exact) mass is 454 g/mol. The van der Waals surface area contributed by atoms with Crippen molar-refractivity contribution in [2.24, 2.45) is 5.92 Å². The highest BCUT2D eigenvalue weighted by Crippen LogP contribution is 2.29. The predicted molar refractivity (Wildman–Crippen MR) is 129 cm³/mol. The fraction of sp³-hybridized carbons (Fsp3) is 0.440. The van der Waals surface area contributed by atoms with Gasteiger partial charge in [0.2, 0.25) is 5.95 Å². The summed E-state index contributed by atoms with van der Waals surface area (Å²) in [6, 6.07) is 16.2. The second-order valence-electron chi connectivity index (χ2n) is 9.42. The molecule has 0 radical (unpaired) electrons. The van der Waals surface area contributed by atoms with Crippen molar-refractivity contribution in [2.75, 3.05) is 24.5 Å². The molecule has 7 heteroatoms. The lowest BCUT2D eigenvalue weighted by Crippen LogP contribution is -2.43. The number of anilines is 1. The predicted octanol–water partition coefficient (Wildman–Crippen LogP) is 5.48. The smallest absolute Gasteiger partial charge is 0.407 e. The average Bonchev–Trinajstić information content (AvgIpc) is 3.11. The summed E-state index contributed by atoms with van der Waals surface area (Å²) in [5, 5.41) is 3.70. The number of alkyl carbamates (subject to hydrolysis) is 1. The number of piperidine rings is 1. The summed E-state index contributed by atoms with van der Waals surface area (Å²) in [7, 11) is 0. The van der Waals surface area contributed by atoms with Crippen LogP contribution >= 0.6 is 11.6 Å². The molecular weight excluding hydrogens is 424 g/mol. The molecule has 0 saturated carbocycles. The lowest BCUT2D eigenvalue weighted by atomic mass is 9.98. The van der Waals surface area contributed by atoms with Gasteiger partial charge in [-0.05, 0) is 63.3 Å². The molecule has 0 aliphatic carbocycles. The van der Waals surface area contributed by atoms with Crippen molar-refractivity contribution < 1.29 is 9.53 Å². The number of halogens is 1. The van der Waals surface area contributed by atoms with E-state index in [1.807, 2.05) is 57.2 Å². The Bertz CT molecular complexity index is 1090. The summed E-state index contributed by atoms with van der Waals surface area (Å²) in [5.74, 6) is 1.29. The highest BCUT2D eigenvalue weighted by Gasteiger charge is 2.26. The highest BCUT2D eigenvalue weighted by atomic mass is 35.5. The van der Waals surface area contributed by atoms with E-state index < -0.39 is 5.60 Å². The topological polar surface area (TPSA) is 59.4 Å². The van der Waals surface area contributed by atoms with Gasteiger partial charge in [0.1, 0.15) is 5.60 Å². The van der Waals surface area contributed by atoms with Gasteiger partial charge in [-0.15, -0.1) is 0 Å². The zero-order valence-corrected chi connectivity index (χ0v) is 19.7. The van der Waals surface area contributed by atoms with E-state index in [-0.39, 0.29) is 6.09 Å². The number of carbonyl (C=O) groups is 1. The fourth-order valence-electron chi connectivity index (χ4n) is 4.21. The summed E-state index contributed by atoms with van der Waals surface area (Å²) < 4.78 is 7.63. The van der Waals surface area contributed by atoms with E-state index in [4.69, 9.17) is 21.3 Å². The Morgan fingerprint density at radius 2 is 1.94 bits per heavy atom. The van der Waals surface area contributed by atoms with Gasteiger partial charge in [-0.1, -0.05) is 41.9 Å². The zero-order valence-electron chi connectivity index (χ0n) is 19.0. The van der Waals surface area contributed by atoms with Crippen LogP contribution in [0.1, 0.15) is 39.2 Å². The quantitative estimate of drug-likeness (QED) is 0.554. The lowest BCUT2D eigenvalue weighted by Gasteiger charge is -2.34. The first-order valence-electron chi connectivity index (χ1n) is 11.2. The molecule has 32 heavy (non-hydrogen) atoms. The lowest BCUT2D eigenvalue weighted by molar-refractivity contribution is 0.0517. The third-order valence-corrected chi connectivity index (χ3v) is 6.03. The molecule has 1 N–H and O–H groups in total. The van der Waals surface area contributed by atoms with Crippen molar-refractivity contribution >= 4 is 34.7 Å². The first kappa shape index (κ1) is 22.5. The maximum atomic E-state index is 12.1. The summed E-state index contributed by atoms with van der Waals surface area (Å²) >= 11 is 6.47. The molecule has 1 aromatic heterocycles. The molecule has 170 valence electrons. The Hall–Kier alpha value is -2.73. The average molecular weight is 455 g/mol. The number of rotatable bonds is 5. The first-order valence-corrected chi connectivity index (χ1v) is 11.6. The standard InChI is InChI=1S/C25H31ClN4O2/c1-25(2,3)32-24(31)27-15-18-9-8-14-29(16-18)23-28-21-12-6-7-13-22(21)30(23)17-19-10-4-5-11-20(19)26/h4-7,10-13,18H,8-9,14-17H2,1-3H3,(H,27,31)/t18-/m0/s1. The van der Waals surface area contributed by atoms with Crippen molar-refractivity contribution in [3.05, 3.63) is 59.1 Å². The minimum absolute atomic E-state index is 0.338. The molecule has 6 nitrogen and oxygen atoms in total. The second-order valence-corrected chi connectivity index (χ2v) is 9.82. The Balaban J connectivity index is 1.53. The van der Waals surface area contributed by atoms with E-state index in [1.54, 1.807) is 0 Å². The Morgan fingerprint density at radius 1 is 1.19 bits per heavy atom. The molecule has 0 bridgehead atoms. The fourth-order valence-corrected chi connectivity index (χ4v) is 4.41. The maximum Gasteiger partial charge on any atom is 0.407 e. The van der Waals surface area contributed by atoms with Gasteiger partial charge >= 0.3 is 6.09 Å². The summed E-state index contributed by atoms with van der Waals surface area (Å²) in [4.78, 5) is 19.4. The number of benzene rings is 2. The van der Waals surface area contributed by atoms with Crippen molar-refractivity contribution in [3.8, 4) is 0 Å². The third kappa shape index (κ3) is 5.36. The van der Waals surface area contributed by atoms with Crippen molar-refractivity contribution in [1.82, 2.24) is 14.9 Å². The van der Waals surface area contributed by atoms with Gasteiger partial charge in [-0.2, -0.15) is 0 Å². The second kappa shape index (κ2) is 9.41. The number of nitrogens with one attached hydrogen (secondary N) is 1. The van der Waals surface area contributed by atoms with E-state index in [0.29, 0.717) is 19.0 Å². The number of para-hydroxylation sites is 2. The number of fused-ring (bicyclic) bond motifs is 1. The molecule has 1 atom stereocenters. The minimum atomic E-state index is -0.494. The zero-order chi connectivity index (χ0) is 22.7. The number of hydrogen-bond acceptors (Lipinski definition) is 4. The Kier molecular flexibility index (Phi) is 6.60. The SMILES string of the molecule is CC(C)(C)OC(=O)NC[C@@H]1CCCN(c2nc3ccccc3n2Cc2ccccc2Cl)C1.